The van der Waals surface area contributed by atoms with Crippen LogP contribution in [0, 0.1) is 6.92 Å². The van der Waals surface area contributed by atoms with Crippen molar-refractivity contribution in [2.75, 3.05) is 20.6 Å². The number of aromatic nitrogens is 4. The number of carbonyl (C=O) groups is 2. The van der Waals surface area contributed by atoms with Crippen LogP contribution < -0.4 is 5.32 Å². The van der Waals surface area contributed by atoms with Crippen LogP contribution in [0.2, 0.25) is 0 Å². The summed E-state index contributed by atoms with van der Waals surface area (Å²) in [5.41, 5.74) is 0. The van der Waals surface area contributed by atoms with E-state index in [0.29, 0.717) is 18.4 Å². The topological polar surface area (TPSA) is 113 Å². The zero-order valence-corrected chi connectivity index (χ0v) is 13.0. The molecule has 21 heavy (non-hydrogen) atoms. The lowest BCUT2D eigenvalue weighted by molar-refractivity contribution is -0.123. The van der Waals surface area contributed by atoms with Gasteiger partial charge in [-0.1, -0.05) is 13.3 Å². The van der Waals surface area contributed by atoms with E-state index in [1.54, 1.807) is 6.92 Å². The number of carbonyl (C=O) groups excluding carboxylic acids is 1. The van der Waals surface area contributed by atoms with Gasteiger partial charge < -0.3 is 15.3 Å². The molecule has 9 heteroatoms. The van der Waals surface area contributed by atoms with Crippen molar-refractivity contribution < 1.29 is 14.7 Å². The highest BCUT2D eigenvalue weighted by atomic mass is 16.3. The summed E-state index contributed by atoms with van der Waals surface area (Å²) < 4.78 is 1.49. The maximum Gasteiger partial charge on any atom is 0.290 e. The maximum atomic E-state index is 11.7. The summed E-state index contributed by atoms with van der Waals surface area (Å²) in [7, 11) is 4.05. The van der Waals surface area contributed by atoms with E-state index in [1.807, 2.05) is 14.1 Å². The Kier molecular flexibility index (Phi) is 9.69. The van der Waals surface area contributed by atoms with E-state index >= 15 is 0 Å². The van der Waals surface area contributed by atoms with Crippen LogP contribution >= 0.6 is 0 Å². The molecule has 1 atom stereocenters. The lowest BCUT2D eigenvalue weighted by atomic mass is 10.1. The number of rotatable bonds is 7. The van der Waals surface area contributed by atoms with E-state index in [2.05, 4.69) is 32.7 Å². The van der Waals surface area contributed by atoms with Crippen LogP contribution in [0.25, 0.3) is 0 Å². The summed E-state index contributed by atoms with van der Waals surface area (Å²) in [5.74, 6) is 0.580. The quantitative estimate of drug-likeness (QED) is 0.654. The first-order chi connectivity index (χ1) is 9.96. The molecule has 0 fully saturated rings. The second-order valence-corrected chi connectivity index (χ2v) is 4.70. The van der Waals surface area contributed by atoms with Gasteiger partial charge in [0.25, 0.3) is 6.47 Å². The van der Waals surface area contributed by atoms with Crippen LogP contribution in [0.5, 0.6) is 0 Å². The third kappa shape index (κ3) is 7.98. The fourth-order valence-corrected chi connectivity index (χ4v) is 1.70. The smallest absolute Gasteiger partial charge is 0.290 e. The first kappa shape index (κ1) is 19.0. The normalized spacial score (nSPS) is 11.5. The molecule has 0 aliphatic heterocycles. The monoisotopic (exact) mass is 300 g/mol. The van der Waals surface area contributed by atoms with E-state index in [9.17, 15) is 4.79 Å². The Balaban J connectivity index is 0.00000122. The number of amides is 1. The molecule has 120 valence electrons. The fourth-order valence-electron chi connectivity index (χ4n) is 1.70. The van der Waals surface area contributed by atoms with Crippen molar-refractivity contribution in [1.29, 1.82) is 0 Å². The number of aryl methyl sites for hydroxylation is 1. The molecule has 1 rings (SSSR count). The van der Waals surface area contributed by atoms with Crippen molar-refractivity contribution in [3.8, 4) is 0 Å². The van der Waals surface area contributed by atoms with Gasteiger partial charge in [0.15, 0.2) is 0 Å². The van der Waals surface area contributed by atoms with Gasteiger partial charge in [0, 0.05) is 12.6 Å². The molecule has 1 unspecified atom stereocenters. The lowest BCUT2D eigenvalue weighted by Crippen LogP contribution is -2.41. The number of hydrogen-bond acceptors (Lipinski definition) is 6. The van der Waals surface area contributed by atoms with Crippen LogP contribution in [-0.4, -0.2) is 69.3 Å². The minimum Gasteiger partial charge on any atom is -0.483 e. The van der Waals surface area contributed by atoms with Crippen molar-refractivity contribution in [2.24, 2.45) is 0 Å². The Labute approximate surface area is 124 Å². The lowest BCUT2D eigenvalue weighted by Gasteiger charge is -2.24. The molecule has 0 aliphatic carbocycles. The Morgan fingerprint density at radius 1 is 1.52 bits per heavy atom. The van der Waals surface area contributed by atoms with Gasteiger partial charge in [0.2, 0.25) is 5.91 Å². The van der Waals surface area contributed by atoms with Gasteiger partial charge in [0.05, 0.1) is 0 Å². The standard InChI is InChI=1S/C11H22N6O.CH2O2/c1-5-6-10(16(3)4)7-12-11(18)8-17-9(2)13-14-15-17;2-1-3/h10H,5-8H2,1-4H3,(H,12,18);1H,(H,2,3). The molecule has 0 aromatic carbocycles. The average Bonchev–Trinajstić information content (AvgIpc) is 2.80. The van der Waals surface area contributed by atoms with Crippen LogP contribution in [0.1, 0.15) is 25.6 Å². The highest BCUT2D eigenvalue weighted by Crippen LogP contribution is 2.01. The van der Waals surface area contributed by atoms with Gasteiger partial charge >= 0.3 is 0 Å². The number of carboxylic acid groups (broad SMARTS) is 1. The van der Waals surface area contributed by atoms with E-state index in [4.69, 9.17) is 9.90 Å². The predicted octanol–water partition coefficient (Wildman–Crippen LogP) is -0.471. The maximum absolute atomic E-state index is 11.7. The highest BCUT2D eigenvalue weighted by Gasteiger charge is 2.12. The molecular weight excluding hydrogens is 276 g/mol. The third-order valence-electron chi connectivity index (χ3n) is 2.89. The van der Waals surface area contributed by atoms with Crippen LogP contribution in [0.3, 0.4) is 0 Å². The molecular formula is C12H24N6O3. The Morgan fingerprint density at radius 2 is 2.14 bits per heavy atom. The largest absolute Gasteiger partial charge is 0.483 e. The minimum absolute atomic E-state index is 0.0617. The number of nitrogens with zero attached hydrogens (tertiary/aromatic N) is 5. The average molecular weight is 300 g/mol. The SMILES string of the molecule is CCCC(CNC(=O)Cn1nnnc1C)N(C)C.O=CO. The summed E-state index contributed by atoms with van der Waals surface area (Å²) >= 11 is 0. The number of tetrazole rings is 1. The Morgan fingerprint density at radius 3 is 2.57 bits per heavy atom. The molecule has 0 radical (unpaired) electrons. The molecule has 0 bridgehead atoms. The van der Waals surface area contributed by atoms with Crippen molar-refractivity contribution in [3.63, 3.8) is 0 Å². The molecule has 9 nitrogen and oxygen atoms in total. The fraction of sp³-hybridized carbons (Fsp3) is 0.750. The summed E-state index contributed by atoms with van der Waals surface area (Å²) in [6.07, 6.45) is 2.17. The number of hydrogen-bond donors (Lipinski definition) is 2. The van der Waals surface area contributed by atoms with Crippen LogP contribution in [0.15, 0.2) is 0 Å². The molecule has 1 amide bonds. The van der Waals surface area contributed by atoms with Gasteiger partial charge in [-0.2, -0.15) is 0 Å². The Hall–Kier alpha value is -2.03. The minimum atomic E-state index is -0.250. The molecule has 2 N–H and O–H groups in total. The van der Waals surface area contributed by atoms with Crippen molar-refractivity contribution >= 4 is 12.4 Å². The molecule has 0 saturated carbocycles. The van der Waals surface area contributed by atoms with Crippen LogP contribution in [0.4, 0.5) is 0 Å². The van der Waals surface area contributed by atoms with Gasteiger partial charge in [-0.25, -0.2) is 4.68 Å². The van der Waals surface area contributed by atoms with E-state index < -0.39 is 0 Å². The van der Waals surface area contributed by atoms with E-state index in [1.165, 1.54) is 4.68 Å². The predicted molar refractivity (Wildman–Crippen MR) is 76.6 cm³/mol. The summed E-state index contributed by atoms with van der Waals surface area (Å²) in [5, 5.41) is 20.8. The first-order valence-corrected chi connectivity index (χ1v) is 6.69. The molecule has 1 aromatic rings. The summed E-state index contributed by atoms with van der Waals surface area (Å²) in [4.78, 5) is 22.2. The molecule has 0 spiro atoms. The first-order valence-electron chi connectivity index (χ1n) is 6.69. The zero-order chi connectivity index (χ0) is 16.3. The summed E-state index contributed by atoms with van der Waals surface area (Å²) in [6, 6.07) is 0.369. The zero-order valence-electron chi connectivity index (χ0n) is 13.0. The van der Waals surface area contributed by atoms with E-state index in [0.717, 1.165) is 12.8 Å². The van der Waals surface area contributed by atoms with Gasteiger partial charge in [0.1, 0.15) is 12.4 Å². The Bertz CT molecular complexity index is 421. The van der Waals surface area contributed by atoms with Crippen LogP contribution in [-0.2, 0) is 16.1 Å². The number of likely N-dealkylation sites (N-methyl/N-ethyl adjacent to an activating group) is 1. The summed E-state index contributed by atoms with van der Waals surface area (Å²) in [6.45, 7) is 4.49. The third-order valence-corrected chi connectivity index (χ3v) is 2.89. The molecule has 1 heterocycles. The van der Waals surface area contributed by atoms with Gasteiger partial charge in [-0.3, -0.25) is 9.59 Å². The molecule has 0 saturated heterocycles. The van der Waals surface area contributed by atoms with Crippen molar-refractivity contribution in [3.05, 3.63) is 5.82 Å². The van der Waals surface area contributed by atoms with Gasteiger partial charge in [-0.05, 0) is 37.9 Å². The highest BCUT2D eigenvalue weighted by molar-refractivity contribution is 5.75. The molecule has 0 aliphatic rings. The van der Waals surface area contributed by atoms with Crippen molar-refractivity contribution in [2.45, 2.75) is 39.3 Å². The second-order valence-electron chi connectivity index (χ2n) is 4.70. The van der Waals surface area contributed by atoms with Crippen molar-refractivity contribution in [1.82, 2.24) is 30.4 Å². The van der Waals surface area contributed by atoms with Gasteiger partial charge in [-0.15, -0.1) is 5.10 Å². The second kappa shape index (κ2) is 10.7. The number of nitrogens with one attached hydrogen (secondary N) is 1. The van der Waals surface area contributed by atoms with E-state index in [-0.39, 0.29) is 18.9 Å². The molecule has 1 aromatic heterocycles.